The van der Waals surface area contributed by atoms with Gasteiger partial charge in [-0.1, -0.05) is 19.9 Å². The maximum absolute atomic E-state index is 12.6. The molecule has 0 aliphatic heterocycles. The molecule has 114 valence electrons. The van der Waals surface area contributed by atoms with E-state index in [9.17, 15) is 17.4 Å². The highest BCUT2D eigenvalue weighted by atomic mass is 32.2. The standard InChI is InChI=1S/C14H20F3NOS/c1-4-18-10(2)8-11(3)20(19)13-7-5-6-12(9-13)14(15,16)17/h5-7,9-11,18H,4,8H2,1-3H3. The zero-order valence-electron chi connectivity index (χ0n) is 11.8. The van der Waals surface area contributed by atoms with E-state index in [0.29, 0.717) is 6.42 Å². The van der Waals surface area contributed by atoms with Gasteiger partial charge in [0.15, 0.2) is 0 Å². The van der Waals surface area contributed by atoms with E-state index < -0.39 is 22.5 Å². The molecule has 2 nitrogen and oxygen atoms in total. The second-order valence-electron chi connectivity index (χ2n) is 4.83. The van der Waals surface area contributed by atoms with Gasteiger partial charge in [0.25, 0.3) is 0 Å². The molecular formula is C14H20F3NOS. The molecule has 0 heterocycles. The Morgan fingerprint density at radius 2 is 1.95 bits per heavy atom. The molecule has 1 rings (SSSR count). The summed E-state index contributed by atoms with van der Waals surface area (Å²) in [6, 6.07) is 4.94. The summed E-state index contributed by atoms with van der Waals surface area (Å²) in [4.78, 5) is 0.232. The Hall–Kier alpha value is -0.880. The fourth-order valence-corrected chi connectivity index (χ4v) is 3.43. The van der Waals surface area contributed by atoms with E-state index in [1.807, 2.05) is 13.8 Å². The SMILES string of the molecule is CCNC(C)CC(C)S(=O)c1cccc(C(F)(F)F)c1. The molecule has 1 aromatic rings. The van der Waals surface area contributed by atoms with E-state index in [4.69, 9.17) is 0 Å². The first-order chi connectivity index (χ1) is 9.25. The summed E-state index contributed by atoms with van der Waals surface area (Å²) in [5.41, 5.74) is -0.754. The van der Waals surface area contributed by atoms with Gasteiger partial charge in [-0.2, -0.15) is 13.2 Å². The second kappa shape index (κ2) is 7.22. The highest BCUT2D eigenvalue weighted by Gasteiger charge is 2.31. The van der Waals surface area contributed by atoms with Gasteiger partial charge in [0.1, 0.15) is 0 Å². The predicted octanol–water partition coefficient (Wildman–Crippen LogP) is 3.59. The smallest absolute Gasteiger partial charge is 0.314 e. The molecule has 0 amide bonds. The summed E-state index contributed by atoms with van der Waals surface area (Å²) in [5, 5.41) is 3.00. The maximum Gasteiger partial charge on any atom is 0.416 e. The molecule has 3 atom stereocenters. The van der Waals surface area contributed by atoms with Gasteiger partial charge < -0.3 is 5.32 Å². The fourth-order valence-electron chi connectivity index (χ4n) is 2.05. The Morgan fingerprint density at radius 3 is 2.50 bits per heavy atom. The molecule has 0 bridgehead atoms. The van der Waals surface area contributed by atoms with Gasteiger partial charge in [-0.25, -0.2) is 0 Å². The predicted molar refractivity (Wildman–Crippen MR) is 75.1 cm³/mol. The lowest BCUT2D eigenvalue weighted by molar-refractivity contribution is -0.137. The van der Waals surface area contributed by atoms with Crippen LogP contribution in [0, 0.1) is 0 Å². The molecule has 6 heteroatoms. The molecule has 0 aromatic heterocycles. The Morgan fingerprint density at radius 1 is 1.30 bits per heavy atom. The topological polar surface area (TPSA) is 29.1 Å². The summed E-state index contributed by atoms with van der Waals surface area (Å²) in [6.07, 6.45) is -3.75. The summed E-state index contributed by atoms with van der Waals surface area (Å²) in [7, 11) is -1.44. The molecule has 3 unspecified atom stereocenters. The lowest BCUT2D eigenvalue weighted by Gasteiger charge is -2.18. The van der Waals surface area contributed by atoms with Crippen molar-refractivity contribution in [1.82, 2.24) is 5.32 Å². The summed E-state index contributed by atoms with van der Waals surface area (Å²) in [6.45, 7) is 6.56. The van der Waals surface area contributed by atoms with Crippen LogP contribution in [0.15, 0.2) is 29.2 Å². The molecule has 0 spiro atoms. The molecule has 0 aliphatic carbocycles. The minimum atomic E-state index is -4.40. The highest BCUT2D eigenvalue weighted by molar-refractivity contribution is 7.85. The van der Waals surface area contributed by atoms with Crippen LogP contribution in [0.4, 0.5) is 13.2 Å². The third-order valence-corrected chi connectivity index (χ3v) is 4.64. The lowest BCUT2D eigenvalue weighted by Crippen LogP contribution is -2.30. The Balaban J connectivity index is 2.82. The zero-order valence-corrected chi connectivity index (χ0v) is 12.6. The average Bonchev–Trinajstić information content (AvgIpc) is 2.37. The van der Waals surface area contributed by atoms with Gasteiger partial charge >= 0.3 is 6.18 Å². The molecule has 1 N–H and O–H groups in total. The van der Waals surface area contributed by atoms with Gasteiger partial charge in [0.05, 0.1) is 16.4 Å². The van der Waals surface area contributed by atoms with Crippen LogP contribution in [0.3, 0.4) is 0 Å². The van der Waals surface area contributed by atoms with Crippen LogP contribution in [0.1, 0.15) is 32.8 Å². The van der Waals surface area contributed by atoms with Crippen LogP contribution in [-0.2, 0) is 17.0 Å². The first-order valence-electron chi connectivity index (χ1n) is 6.57. The van der Waals surface area contributed by atoms with Crippen molar-refractivity contribution in [2.75, 3.05) is 6.54 Å². The highest BCUT2D eigenvalue weighted by Crippen LogP contribution is 2.30. The van der Waals surface area contributed by atoms with Crippen molar-refractivity contribution in [2.45, 2.75) is 49.6 Å². The number of hydrogen-bond donors (Lipinski definition) is 1. The van der Waals surface area contributed by atoms with Crippen LogP contribution < -0.4 is 5.32 Å². The summed E-state index contributed by atoms with van der Waals surface area (Å²) >= 11 is 0. The molecule has 20 heavy (non-hydrogen) atoms. The molecule has 0 saturated heterocycles. The number of benzene rings is 1. The van der Waals surface area contributed by atoms with Crippen molar-refractivity contribution in [3.63, 3.8) is 0 Å². The van der Waals surface area contributed by atoms with Gasteiger partial charge in [-0.15, -0.1) is 0 Å². The minimum Gasteiger partial charge on any atom is -0.314 e. The monoisotopic (exact) mass is 307 g/mol. The van der Waals surface area contributed by atoms with Crippen molar-refractivity contribution in [3.05, 3.63) is 29.8 Å². The van der Waals surface area contributed by atoms with Gasteiger partial charge in [-0.05, 0) is 38.1 Å². The third-order valence-electron chi connectivity index (χ3n) is 3.00. The lowest BCUT2D eigenvalue weighted by atomic mass is 10.2. The summed E-state index contributed by atoms with van der Waals surface area (Å²) in [5.74, 6) is 0. The second-order valence-corrected chi connectivity index (χ2v) is 6.70. The molecular weight excluding hydrogens is 287 g/mol. The molecule has 0 fully saturated rings. The zero-order chi connectivity index (χ0) is 15.3. The van der Waals surface area contributed by atoms with Crippen molar-refractivity contribution >= 4 is 10.8 Å². The maximum atomic E-state index is 12.6. The van der Waals surface area contributed by atoms with E-state index in [-0.39, 0.29) is 16.2 Å². The Bertz CT molecular complexity index is 462. The van der Waals surface area contributed by atoms with E-state index in [2.05, 4.69) is 5.32 Å². The van der Waals surface area contributed by atoms with Crippen molar-refractivity contribution < 1.29 is 17.4 Å². The van der Waals surface area contributed by atoms with Gasteiger partial charge in [-0.3, -0.25) is 4.21 Å². The van der Waals surface area contributed by atoms with Crippen LogP contribution in [0.2, 0.25) is 0 Å². The number of alkyl halides is 3. The van der Waals surface area contributed by atoms with Crippen molar-refractivity contribution in [2.24, 2.45) is 0 Å². The Labute approximate surface area is 120 Å². The van der Waals surface area contributed by atoms with Gasteiger partial charge in [0.2, 0.25) is 0 Å². The summed E-state index contributed by atoms with van der Waals surface area (Å²) < 4.78 is 50.2. The van der Waals surface area contributed by atoms with E-state index in [1.54, 1.807) is 6.92 Å². The number of nitrogens with one attached hydrogen (secondary N) is 1. The van der Waals surface area contributed by atoms with Crippen molar-refractivity contribution in [3.8, 4) is 0 Å². The minimum absolute atomic E-state index is 0.185. The molecule has 0 aliphatic rings. The number of rotatable bonds is 6. The molecule has 0 radical (unpaired) electrons. The number of hydrogen-bond acceptors (Lipinski definition) is 2. The largest absolute Gasteiger partial charge is 0.416 e. The van der Waals surface area contributed by atoms with Crippen LogP contribution in [0.25, 0.3) is 0 Å². The Kier molecular flexibility index (Phi) is 6.20. The fraction of sp³-hybridized carbons (Fsp3) is 0.571. The van der Waals surface area contributed by atoms with E-state index in [1.165, 1.54) is 12.1 Å². The van der Waals surface area contributed by atoms with Gasteiger partial charge in [0, 0.05) is 16.2 Å². The van der Waals surface area contributed by atoms with E-state index in [0.717, 1.165) is 18.7 Å². The van der Waals surface area contributed by atoms with Crippen LogP contribution >= 0.6 is 0 Å². The normalized spacial score (nSPS) is 16.7. The van der Waals surface area contributed by atoms with Crippen molar-refractivity contribution in [1.29, 1.82) is 0 Å². The molecule has 0 saturated carbocycles. The quantitative estimate of drug-likeness (QED) is 0.870. The van der Waals surface area contributed by atoms with Crippen LogP contribution in [-0.4, -0.2) is 22.0 Å². The average molecular weight is 307 g/mol. The molecule has 1 aromatic carbocycles. The number of halogens is 3. The van der Waals surface area contributed by atoms with E-state index >= 15 is 0 Å². The third kappa shape index (κ3) is 4.90. The van der Waals surface area contributed by atoms with Crippen LogP contribution in [0.5, 0.6) is 0 Å². The first-order valence-corrected chi connectivity index (χ1v) is 7.78. The first kappa shape index (κ1) is 17.2.